The average molecular weight is 744 g/mol. The van der Waals surface area contributed by atoms with E-state index in [1.54, 1.807) is 4.90 Å². The van der Waals surface area contributed by atoms with E-state index in [1.165, 1.54) is 0 Å². The molecule has 4 aliphatic rings. The maximum Gasteiger partial charge on any atom is 0.315 e. The molecule has 1 aliphatic heterocycles. The summed E-state index contributed by atoms with van der Waals surface area (Å²) >= 11 is 0. The van der Waals surface area contributed by atoms with Gasteiger partial charge < -0.3 is 26.2 Å². The highest BCUT2D eigenvalue weighted by Crippen LogP contribution is 2.41. The second kappa shape index (κ2) is 17.9. The van der Waals surface area contributed by atoms with Gasteiger partial charge in [0.05, 0.1) is 18.1 Å². The Balaban J connectivity index is 1.59. The number of nitrogens with zero attached hydrogens (tertiary/aromatic N) is 1. The highest BCUT2D eigenvalue weighted by Gasteiger charge is 2.49. The lowest BCUT2D eigenvalue weighted by Crippen LogP contribution is -2.64. The van der Waals surface area contributed by atoms with Gasteiger partial charge in [0.15, 0.2) is 0 Å². The normalized spacial score (nSPS) is 24.5. The molecule has 0 spiro atoms. The summed E-state index contributed by atoms with van der Waals surface area (Å²) in [6, 6.07) is -3.19. The van der Waals surface area contributed by atoms with Crippen LogP contribution >= 0.6 is 0 Å². The summed E-state index contributed by atoms with van der Waals surface area (Å²) in [4.78, 5) is 70.7. The van der Waals surface area contributed by atoms with Gasteiger partial charge in [0, 0.05) is 27.8 Å². The van der Waals surface area contributed by atoms with Crippen LogP contribution in [-0.2, 0) is 30.0 Å². The molecule has 5 atom stereocenters. The third kappa shape index (κ3) is 10.6. The van der Waals surface area contributed by atoms with Crippen molar-refractivity contribution in [3.8, 4) is 12.3 Å². The zero-order valence-electron chi connectivity index (χ0n) is 32.6. The van der Waals surface area contributed by atoms with Gasteiger partial charge in [-0.25, -0.2) is 4.79 Å². The molecule has 52 heavy (non-hydrogen) atoms. The minimum atomic E-state index is -1.17. The predicted molar refractivity (Wildman–Crippen MR) is 204 cm³/mol. The SMILES string of the molecule is C#CCNC(=O)C(=O)C(CC1CC1)NC(=O)[C@@H]1C[C@@H](C(C)C)CN1C(=O)[C@@H](NC(=O)NC1(CS(=O)C(C)(C)CC)CCCCC1)C1(C)CCCCC1. The number of likely N-dealkylation sites (tertiary alicyclic amines) is 1. The van der Waals surface area contributed by atoms with Crippen molar-refractivity contribution >= 4 is 40.3 Å². The van der Waals surface area contributed by atoms with Gasteiger partial charge in [-0.3, -0.25) is 23.4 Å². The Bertz CT molecular complexity index is 1370. The minimum Gasteiger partial charge on any atom is -0.344 e. The zero-order valence-corrected chi connectivity index (χ0v) is 33.4. The molecule has 4 fully saturated rings. The summed E-state index contributed by atoms with van der Waals surface area (Å²) in [6.07, 6.45) is 17.5. The first-order valence-electron chi connectivity index (χ1n) is 19.9. The number of rotatable bonds is 16. The zero-order chi connectivity index (χ0) is 38.3. The molecule has 3 saturated carbocycles. The number of carbonyl (C=O) groups excluding carboxylic acids is 5. The van der Waals surface area contributed by atoms with Gasteiger partial charge in [-0.05, 0) is 82.0 Å². The quantitative estimate of drug-likeness (QED) is 0.132. The van der Waals surface area contributed by atoms with Crippen molar-refractivity contribution < 1.29 is 28.2 Å². The molecule has 1 saturated heterocycles. The Kier molecular flexibility index (Phi) is 14.4. The van der Waals surface area contributed by atoms with Gasteiger partial charge in [-0.15, -0.1) is 6.42 Å². The Morgan fingerprint density at radius 1 is 0.962 bits per heavy atom. The van der Waals surface area contributed by atoms with E-state index in [2.05, 4.69) is 48.0 Å². The van der Waals surface area contributed by atoms with Gasteiger partial charge in [0.2, 0.25) is 17.6 Å². The van der Waals surface area contributed by atoms with Crippen molar-refractivity contribution in [2.75, 3.05) is 18.8 Å². The second-order valence-electron chi connectivity index (χ2n) is 17.4. The van der Waals surface area contributed by atoms with E-state index in [9.17, 15) is 28.2 Å². The van der Waals surface area contributed by atoms with Crippen molar-refractivity contribution in [1.82, 2.24) is 26.2 Å². The van der Waals surface area contributed by atoms with E-state index in [0.717, 1.165) is 83.5 Å². The lowest BCUT2D eigenvalue weighted by Gasteiger charge is -2.44. The van der Waals surface area contributed by atoms with Crippen molar-refractivity contribution in [1.29, 1.82) is 0 Å². The molecule has 1 heterocycles. The lowest BCUT2D eigenvalue weighted by molar-refractivity contribution is -0.144. The Morgan fingerprint density at radius 3 is 2.13 bits per heavy atom. The summed E-state index contributed by atoms with van der Waals surface area (Å²) in [5.41, 5.74) is -1.16. The molecule has 0 aromatic rings. The number of urea groups is 1. The van der Waals surface area contributed by atoms with Crippen molar-refractivity contribution in [3.63, 3.8) is 0 Å². The van der Waals surface area contributed by atoms with Crippen LogP contribution in [0.3, 0.4) is 0 Å². The Hall–Kier alpha value is -2.94. The fraction of sp³-hybridized carbons (Fsp3) is 0.825. The molecule has 2 unspecified atom stereocenters. The molecule has 5 amide bonds. The number of Topliss-reactive ketones (excluding diaryl/α,β-unsaturated/α-hetero) is 1. The number of hydrogen-bond donors (Lipinski definition) is 4. The Labute approximate surface area is 314 Å². The van der Waals surface area contributed by atoms with Gasteiger partial charge in [0.25, 0.3) is 5.91 Å². The van der Waals surface area contributed by atoms with Crippen LogP contribution in [0, 0.1) is 35.5 Å². The first-order chi connectivity index (χ1) is 24.5. The largest absolute Gasteiger partial charge is 0.344 e. The van der Waals surface area contributed by atoms with Crippen LogP contribution in [0.15, 0.2) is 0 Å². The topological polar surface area (TPSA) is 154 Å². The third-order valence-corrected chi connectivity index (χ3v) is 15.0. The molecule has 4 rings (SSSR count). The monoisotopic (exact) mass is 743 g/mol. The summed E-state index contributed by atoms with van der Waals surface area (Å²) in [5, 5.41) is 11.7. The first kappa shape index (κ1) is 41.8. The maximum atomic E-state index is 14.9. The molecule has 0 bridgehead atoms. The van der Waals surface area contributed by atoms with E-state index >= 15 is 0 Å². The summed E-state index contributed by atoms with van der Waals surface area (Å²) in [5.74, 6) is 0.800. The molecular weight excluding hydrogens is 679 g/mol. The summed E-state index contributed by atoms with van der Waals surface area (Å²) < 4.78 is 13.2. The minimum absolute atomic E-state index is 0.0345. The van der Waals surface area contributed by atoms with Crippen molar-refractivity contribution in [2.45, 2.75) is 166 Å². The van der Waals surface area contributed by atoms with E-state index in [-0.39, 0.29) is 35.0 Å². The molecule has 0 radical (unpaired) electrons. The van der Waals surface area contributed by atoms with Crippen molar-refractivity contribution in [2.24, 2.45) is 23.2 Å². The van der Waals surface area contributed by atoms with Crippen LogP contribution in [0.25, 0.3) is 0 Å². The van der Waals surface area contributed by atoms with Crippen LogP contribution in [0.5, 0.6) is 0 Å². The van der Waals surface area contributed by atoms with Gasteiger partial charge in [0.1, 0.15) is 12.1 Å². The van der Waals surface area contributed by atoms with Crippen LogP contribution < -0.4 is 21.3 Å². The van der Waals surface area contributed by atoms with Crippen LogP contribution in [0.2, 0.25) is 0 Å². The number of carbonyl (C=O) groups is 5. The van der Waals surface area contributed by atoms with Gasteiger partial charge in [-0.1, -0.05) is 85.0 Å². The number of ketones is 1. The lowest BCUT2D eigenvalue weighted by atomic mass is 9.70. The summed E-state index contributed by atoms with van der Waals surface area (Å²) in [7, 11) is -1.17. The van der Waals surface area contributed by atoms with E-state index in [1.807, 2.05) is 20.8 Å². The molecule has 0 aromatic heterocycles. The average Bonchev–Trinajstić information content (AvgIpc) is 3.81. The smallest absolute Gasteiger partial charge is 0.315 e. The van der Waals surface area contributed by atoms with Crippen LogP contribution in [-0.4, -0.2) is 85.9 Å². The second-order valence-corrected chi connectivity index (χ2v) is 19.5. The predicted octanol–water partition coefficient (Wildman–Crippen LogP) is 4.74. The van der Waals surface area contributed by atoms with E-state index in [4.69, 9.17) is 6.42 Å². The van der Waals surface area contributed by atoms with Gasteiger partial charge in [-0.2, -0.15) is 0 Å². The standard InChI is InChI=1S/C40H65N5O6S/c1-8-22-41-35(48)32(46)30(23-28-16-17-28)42-34(47)31-24-29(27(3)4)25-45(31)36(49)33(39(7)18-12-10-13-19-39)43-37(50)44-40(20-14-11-15-21-40)26-52(51)38(5,6)9-2/h1,27-31,33H,9-26H2,2-7H3,(H,41,48)(H,42,47)(H2,43,44,50)/t29-,30?,31+,33-,52?/m1/s1. The highest BCUT2D eigenvalue weighted by molar-refractivity contribution is 7.86. The first-order valence-corrected chi connectivity index (χ1v) is 21.2. The number of terminal acetylenes is 1. The van der Waals surface area contributed by atoms with Crippen LogP contribution in [0.4, 0.5) is 4.79 Å². The molecular formula is C40H65N5O6S. The Morgan fingerprint density at radius 2 is 1.58 bits per heavy atom. The fourth-order valence-electron chi connectivity index (χ4n) is 8.30. The maximum absolute atomic E-state index is 14.9. The van der Waals surface area contributed by atoms with Crippen LogP contribution in [0.1, 0.15) is 138 Å². The summed E-state index contributed by atoms with van der Waals surface area (Å²) in [6.45, 7) is 12.5. The van der Waals surface area contributed by atoms with E-state index in [0.29, 0.717) is 25.1 Å². The highest BCUT2D eigenvalue weighted by atomic mass is 32.2. The molecule has 11 nitrogen and oxygen atoms in total. The molecule has 4 N–H and O–H groups in total. The van der Waals surface area contributed by atoms with E-state index < -0.39 is 63.5 Å². The van der Waals surface area contributed by atoms with Crippen molar-refractivity contribution in [3.05, 3.63) is 0 Å². The molecule has 3 aliphatic carbocycles. The number of nitrogens with one attached hydrogen (secondary N) is 4. The fourth-order valence-corrected chi connectivity index (χ4v) is 9.88. The molecule has 0 aromatic carbocycles. The number of amides is 5. The number of hydrogen-bond acceptors (Lipinski definition) is 6. The molecule has 292 valence electrons. The molecule has 12 heteroatoms. The third-order valence-electron chi connectivity index (χ3n) is 12.6. The van der Waals surface area contributed by atoms with Gasteiger partial charge >= 0.3 is 6.03 Å².